The van der Waals surface area contributed by atoms with Crippen molar-refractivity contribution in [3.8, 4) is 0 Å². The zero-order valence-corrected chi connectivity index (χ0v) is 15.5. The summed E-state index contributed by atoms with van der Waals surface area (Å²) in [7, 11) is 0. The van der Waals surface area contributed by atoms with Gasteiger partial charge in [-0.1, -0.05) is 5.16 Å². The number of carbonyl (C=O) groups excluding carboxylic acids is 2. The molecule has 0 bridgehead atoms. The molecule has 7 nitrogen and oxygen atoms in total. The fourth-order valence-electron chi connectivity index (χ4n) is 3.01. The summed E-state index contributed by atoms with van der Waals surface area (Å²) in [5, 5.41) is 10.7. The van der Waals surface area contributed by atoms with Crippen LogP contribution in [0.3, 0.4) is 0 Å². The number of fused-ring (bicyclic) bond motifs is 1. The molecule has 138 valence electrons. The molecule has 1 aromatic carbocycles. The van der Waals surface area contributed by atoms with Gasteiger partial charge in [0.1, 0.15) is 5.76 Å². The number of hydrogen-bond donors (Lipinski definition) is 2. The van der Waals surface area contributed by atoms with Crippen molar-refractivity contribution in [3.63, 3.8) is 0 Å². The summed E-state index contributed by atoms with van der Waals surface area (Å²) < 4.78 is 4.85. The highest BCUT2D eigenvalue weighted by molar-refractivity contribution is 7.10. The van der Waals surface area contributed by atoms with E-state index in [0.717, 1.165) is 25.2 Å². The third-order valence-corrected chi connectivity index (χ3v) is 5.40. The number of nitrogens with one attached hydrogen (secondary N) is 2. The molecule has 1 aliphatic rings. The summed E-state index contributed by atoms with van der Waals surface area (Å²) in [6.45, 7) is 3.56. The van der Waals surface area contributed by atoms with Gasteiger partial charge in [-0.25, -0.2) is 0 Å². The molecule has 27 heavy (non-hydrogen) atoms. The summed E-state index contributed by atoms with van der Waals surface area (Å²) in [4.78, 5) is 27.7. The number of aryl methyl sites for hydroxylation is 1. The Bertz CT molecular complexity index is 977. The molecule has 2 aromatic heterocycles. The first-order valence-corrected chi connectivity index (χ1v) is 9.42. The molecule has 0 spiro atoms. The van der Waals surface area contributed by atoms with Crippen LogP contribution in [0.15, 0.2) is 46.3 Å². The molecule has 1 aliphatic heterocycles. The number of nitrogens with zero attached hydrogens (tertiary/aromatic N) is 2. The van der Waals surface area contributed by atoms with Gasteiger partial charge in [0, 0.05) is 35.4 Å². The number of rotatable bonds is 3. The first-order chi connectivity index (χ1) is 13.1. The molecule has 3 aromatic rings. The van der Waals surface area contributed by atoms with Gasteiger partial charge in [0.2, 0.25) is 0 Å². The van der Waals surface area contributed by atoms with Gasteiger partial charge in [0.25, 0.3) is 0 Å². The lowest BCUT2D eigenvalue weighted by Crippen LogP contribution is -2.30. The van der Waals surface area contributed by atoms with E-state index in [1.807, 2.05) is 23.5 Å². The average molecular weight is 382 g/mol. The van der Waals surface area contributed by atoms with Gasteiger partial charge in [-0.15, -0.1) is 11.3 Å². The van der Waals surface area contributed by atoms with Crippen LogP contribution in [0, 0.1) is 6.92 Å². The molecule has 0 saturated carbocycles. The Kier molecular flexibility index (Phi) is 4.64. The van der Waals surface area contributed by atoms with Crippen molar-refractivity contribution in [1.82, 2.24) is 5.16 Å². The van der Waals surface area contributed by atoms with Crippen LogP contribution in [-0.2, 0) is 22.6 Å². The fraction of sp³-hybridized carbons (Fsp3) is 0.211. The number of amides is 2. The largest absolute Gasteiger partial charge is 0.367 e. The lowest BCUT2D eigenvalue weighted by atomic mass is 10.1. The molecule has 8 heteroatoms. The van der Waals surface area contributed by atoms with Crippen molar-refractivity contribution in [2.24, 2.45) is 0 Å². The number of carbonyl (C=O) groups is 2. The topological polar surface area (TPSA) is 87.5 Å². The maximum atomic E-state index is 12.0. The van der Waals surface area contributed by atoms with Gasteiger partial charge in [-0.2, -0.15) is 0 Å². The lowest BCUT2D eigenvalue weighted by Gasteiger charge is -2.29. The number of benzene rings is 1. The van der Waals surface area contributed by atoms with E-state index in [0.29, 0.717) is 11.4 Å². The summed E-state index contributed by atoms with van der Waals surface area (Å²) in [6.07, 6.45) is 1.05. The number of thiophene rings is 1. The minimum absolute atomic E-state index is 0.209. The molecule has 0 unspecified atom stereocenters. The van der Waals surface area contributed by atoms with E-state index in [4.69, 9.17) is 4.52 Å². The molecule has 0 saturated heterocycles. The zero-order chi connectivity index (χ0) is 18.8. The van der Waals surface area contributed by atoms with Crippen molar-refractivity contribution < 1.29 is 14.1 Å². The molecule has 4 rings (SSSR count). The lowest BCUT2D eigenvalue weighted by molar-refractivity contribution is -0.133. The Morgan fingerprint density at radius 2 is 1.93 bits per heavy atom. The molecule has 2 N–H and O–H groups in total. The van der Waals surface area contributed by atoms with Crippen LogP contribution in [0.4, 0.5) is 17.2 Å². The minimum Gasteiger partial charge on any atom is -0.367 e. The predicted molar refractivity (Wildman–Crippen MR) is 104 cm³/mol. The maximum Gasteiger partial charge on any atom is 0.315 e. The van der Waals surface area contributed by atoms with E-state index in [-0.39, 0.29) is 5.82 Å². The van der Waals surface area contributed by atoms with E-state index in [2.05, 4.69) is 32.1 Å². The van der Waals surface area contributed by atoms with E-state index in [1.165, 1.54) is 16.5 Å². The zero-order valence-electron chi connectivity index (χ0n) is 14.7. The summed E-state index contributed by atoms with van der Waals surface area (Å²) in [5.41, 5.74) is 3.03. The molecule has 3 heterocycles. The third-order valence-electron chi connectivity index (χ3n) is 4.37. The quantitative estimate of drug-likeness (QED) is 0.680. The van der Waals surface area contributed by atoms with Crippen LogP contribution in [0.25, 0.3) is 0 Å². The van der Waals surface area contributed by atoms with Crippen LogP contribution in [0.2, 0.25) is 0 Å². The summed E-state index contributed by atoms with van der Waals surface area (Å²) in [5.74, 6) is -0.799. The van der Waals surface area contributed by atoms with Gasteiger partial charge in [-0.3, -0.25) is 14.9 Å². The number of aromatic nitrogens is 1. The van der Waals surface area contributed by atoms with Gasteiger partial charge < -0.3 is 14.7 Å². The number of hydrogen-bond acceptors (Lipinski definition) is 6. The van der Waals surface area contributed by atoms with Gasteiger partial charge in [-0.05, 0) is 54.6 Å². The van der Waals surface area contributed by atoms with Crippen molar-refractivity contribution in [3.05, 3.63) is 58.0 Å². The predicted octanol–water partition coefficient (Wildman–Crippen LogP) is 3.18. The first-order valence-electron chi connectivity index (χ1n) is 8.54. The SMILES string of the molecule is Cc1cc(NC(=O)C(=O)Nc2ccc(N3CCc4sccc4C3)cc2)no1. The van der Waals surface area contributed by atoms with Crippen LogP contribution >= 0.6 is 11.3 Å². The monoisotopic (exact) mass is 382 g/mol. The van der Waals surface area contributed by atoms with E-state index >= 15 is 0 Å². The standard InChI is InChI=1S/C19H18N4O3S/c1-12-10-17(22-26-12)21-19(25)18(24)20-14-2-4-15(5-3-14)23-8-6-16-13(11-23)7-9-27-16/h2-5,7,9-10H,6,8,11H2,1H3,(H,20,24)(H,21,22,25). The highest BCUT2D eigenvalue weighted by atomic mass is 32.1. The molecule has 0 aliphatic carbocycles. The van der Waals surface area contributed by atoms with E-state index in [9.17, 15) is 9.59 Å². The molecular formula is C19H18N4O3S. The van der Waals surface area contributed by atoms with Crippen molar-refractivity contribution in [2.75, 3.05) is 22.1 Å². The van der Waals surface area contributed by atoms with E-state index < -0.39 is 11.8 Å². The molecule has 0 fully saturated rings. The average Bonchev–Trinajstić information content (AvgIpc) is 3.30. The Morgan fingerprint density at radius 3 is 2.67 bits per heavy atom. The Labute approximate surface area is 160 Å². The third kappa shape index (κ3) is 3.85. The summed E-state index contributed by atoms with van der Waals surface area (Å²) >= 11 is 1.81. The van der Waals surface area contributed by atoms with Crippen LogP contribution in [0.5, 0.6) is 0 Å². The maximum absolute atomic E-state index is 12.0. The highest BCUT2D eigenvalue weighted by Gasteiger charge is 2.18. The Balaban J connectivity index is 1.36. The summed E-state index contributed by atoms with van der Waals surface area (Å²) in [6, 6.07) is 11.2. The normalized spacial score (nSPS) is 13.1. The molecule has 0 radical (unpaired) electrons. The smallest absolute Gasteiger partial charge is 0.315 e. The van der Waals surface area contributed by atoms with Crippen molar-refractivity contribution in [2.45, 2.75) is 19.9 Å². The molecule has 2 amide bonds. The second-order valence-electron chi connectivity index (χ2n) is 6.32. The number of anilines is 3. The van der Waals surface area contributed by atoms with E-state index in [1.54, 1.807) is 19.1 Å². The Hall–Kier alpha value is -3.13. The minimum atomic E-state index is -0.798. The molecule has 0 atom stereocenters. The van der Waals surface area contributed by atoms with Crippen LogP contribution < -0.4 is 15.5 Å². The van der Waals surface area contributed by atoms with Crippen molar-refractivity contribution >= 4 is 40.3 Å². The second-order valence-corrected chi connectivity index (χ2v) is 7.32. The van der Waals surface area contributed by atoms with Crippen molar-refractivity contribution in [1.29, 1.82) is 0 Å². The highest BCUT2D eigenvalue weighted by Crippen LogP contribution is 2.28. The van der Waals surface area contributed by atoms with Gasteiger partial charge >= 0.3 is 11.8 Å². The Morgan fingerprint density at radius 1 is 1.15 bits per heavy atom. The van der Waals surface area contributed by atoms with Crippen LogP contribution in [-0.4, -0.2) is 23.5 Å². The first kappa shape index (κ1) is 17.3. The second kappa shape index (κ2) is 7.24. The van der Waals surface area contributed by atoms with Gasteiger partial charge in [0.15, 0.2) is 5.82 Å². The van der Waals surface area contributed by atoms with Gasteiger partial charge in [0.05, 0.1) is 0 Å². The molecular weight excluding hydrogens is 364 g/mol. The van der Waals surface area contributed by atoms with Crippen LogP contribution in [0.1, 0.15) is 16.2 Å². The fourth-order valence-corrected chi connectivity index (χ4v) is 3.90.